The predicted molar refractivity (Wildman–Crippen MR) is 643 cm³/mol. The van der Waals surface area contributed by atoms with Gasteiger partial charge in [-0.3, -0.25) is 0 Å². The summed E-state index contributed by atoms with van der Waals surface area (Å²) in [4.78, 5) is 10.4. The molecule has 0 aliphatic heterocycles. The number of anilines is 8. The van der Waals surface area contributed by atoms with Crippen LogP contribution in [0.25, 0.3) is 89.0 Å². The summed E-state index contributed by atoms with van der Waals surface area (Å²) in [6, 6.07) is 129. The molecule has 4 nitrogen and oxygen atoms in total. The van der Waals surface area contributed by atoms with Crippen LogP contribution in [0.5, 0.6) is 0 Å². The topological polar surface area (TPSA) is 13.0 Å². The van der Waals surface area contributed by atoms with E-state index in [1.165, 1.54) is 244 Å². The second-order valence-corrected chi connectivity index (χ2v) is 50.4. The van der Waals surface area contributed by atoms with Gasteiger partial charge in [0.1, 0.15) is 0 Å². The van der Waals surface area contributed by atoms with Gasteiger partial charge in [0.2, 0.25) is 0 Å². The average molecular weight is 1950 g/mol. The number of aryl methyl sites for hydroxylation is 4. The van der Waals surface area contributed by atoms with Crippen LogP contribution in [0.3, 0.4) is 0 Å². The lowest BCUT2D eigenvalue weighted by Crippen LogP contribution is -2.39. The molecule has 0 saturated heterocycles. The Bertz CT molecular complexity index is 7560. The minimum absolute atomic E-state index is 0.00300. The highest BCUT2D eigenvalue weighted by atomic mass is 15.2. The van der Waals surface area contributed by atoms with Crippen molar-refractivity contribution in [2.45, 2.75) is 308 Å². The summed E-state index contributed by atoms with van der Waals surface area (Å²) in [5.74, 6) is 1.39. The maximum absolute atomic E-state index is 2.63. The Morgan fingerprint density at radius 2 is 0.554 bits per heavy atom. The Kier molecular flexibility index (Phi) is 28.5. The summed E-state index contributed by atoms with van der Waals surface area (Å²) in [7, 11) is 0. The lowest BCUT2D eigenvalue weighted by molar-refractivity contribution is 0.224. The molecule has 0 atom stereocenters. The molecule has 16 aromatic carbocycles. The van der Waals surface area contributed by atoms with Crippen molar-refractivity contribution in [3.05, 3.63) is 429 Å². The normalized spacial score (nSPS) is 15.0. The van der Waals surface area contributed by atoms with Crippen molar-refractivity contribution in [2.75, 3.05) is 19.6 Å². The lowest BCUT2D eigenvalue weighted by Gasteiger charge is -2.42. The van der Waals surface area contributed by atoms with Crippen molar-refractivity contribution in [3.63, 3.8) is 0 Å². The van der Waals surface area contributed by atoms with Gasteiger partial charge in [-0.1, -0.05) is 402 Å². The molecule has 0 heterocycles. The van der Waals surface area contributed by atoms with Gasteiger partial charge in [-0.15, -0.1) is 0 Å². The molecule has 148 heavy (non-hydrogen) atoms. The molecular formula is C144H162N4. The molecule has 4 heteroatoms. The Balaban J connectivity index is 0.000000129. The van der Waals surface area contributed by atoms with Gasteiger partial charge < -0.3 is 19.6 Å². The minimum atomic E-state index is -0.121. The molecule has 21 rings (SSSR count). The summed E-state index contributed by atoms with van der Waals surface area (Å²) < 4.78 is 0. The van der Waals surface area contributed by atoms with Gasteiger partial charge in [0.05, 0.1) is 0 Å². The molecule has 1 fully saturated rings. The van der Waals surface area contributed by atoms with Crippen LogP contribution < -0.4 is 19.6 Å². The Morgan fingerprint density at radius 3 is 0.973 bits per heavy atom. The van der Waals surface area contributed by atoms with Crippen molar-refractivity contribution in [2.24, 2.45) is 5.41 Å². The second-order valence-electron chi connectivity index (χ2n) is 50.4. The number of hydrogen-bond donors (Lipinski definition) is 0. The fraction of sp³-hybridized carbons (Fsp3) is 0.333. The van der Waals surface area contributed by atoms with E-state index in [0.717, 1.165) is 12.8 Å². The molecule has 5 aliphatic carbocycles. The minimum Gasteiger partial charge on any atom is -0.336 e. The van der Waals surface area contributed by atoms with Gasteiger partial charge >= 0.3 is 0 Å². The van der Waals surface area contributed by atoms with Crippen molar-refractivity contribution in [1.82, 2.24) is 0 Å². The summed E-state index contributed by atoms with van der Waals surface area (Å²) >= 11 is 0. The molecule has 758 valence electrons. The van der Waals surface area contributed by atoms with Crippen LogP contribution in [0.1, 0.15) is 321 Å². The smallest absolute Gasteiger partial charge is 0.0457 e. The maximum atomic E-state index is 2.63. The molecule has 0 radical (unpaired) electrons. The third kappa shape index (κ3) is 20.0. The predicted octanol–water partition coefficient (Wildman–Crippen LogP) is 41.1. The van der Waals surface area contributed by atoms with Gasteiger partial charge in [0.25, 0.3) is 0 Å². The SMILES string of the molecule is CC(C)c1ccc(-c2ccccc2)cc1N(c1cc2c(cc1C(C)C)C(C)(C)c1ccccc1-2)C(C)(C)C.CC1(C)CCC(c2cc3c(cc2N(c2cccc(-c4ccccc4)c2)C(C)(C)C)-c2ccccc2C3(C)C)CC1.CCc1ccc(-c2ccccc2)cc1N(c1cc2c(cc1CC)C(C)(C)c1ccccc1-2)C(C)(C)C.Cc1ccc(-c2ccccc2)cc1N(c1cc2c(cc1C)C(C)(C)c1ccccc1-2)C(C)(C)C. The lowest BCUT2D eigenvalue weighted by atomic mass is 9.70. The van der Waals surface area contributed by atoms with Crippen LogP contribution in [0.15, 0.2) is 346 Å². The van der Waals surface area contributed by atoms with Gasteiger partial charge in [-0.2, -0.15) is 0 Å². The first-order chi connectivity index (χ1) is 70.1. The highest BCUT2D eigenvalue weighted by Crippen LogP contribution is 2.60. The molecular weight excluding hydrogens is 1790 g/mol. The zero-order valence-corrected chi connectivity index (χ0v) is 94.7. The summed E-state index contributed by atoms with van der Waals surface area (Å²) in [6.45, 7) is 70.4. The van der Waals surface area contributed by atoms with Crippen molar-refractivity contribution in [1.29, 1.82) is 0 Å². The third-order valence-corrected chi connectivity index (χ3v) is 33.2. The first-order valence-corrected chi connectivity index (χ1v) is 55.1. The molecule has 0 amide bonds. The van der Waals surface area contributed by atoms with E-state index in [0.29, 0.717) is 23.2 Å². The number of rotatable bonds is 17. The van der Waals surface area contributed by atoms with Crippen LogP contribution in [0, 0.1) is 19.3 Å². The average Bonchev–Trinajstić information content (AvgIpc) is 1.58. The number of benzene rings is 16. The summed E-state index contributed by atoms with van der Waals surface area (Å²) in [5.41, 5.74) is 53.0. The van der Waals surface area contributed by atoms with Crippen molar-refractivity contribution < 1.29 is 0 Å². The first-order valence-electron chi connectivity index (χ1n) is 55.1. The van der Waals surface area contributed by atoms with E-state index in [1.807, 2.05) is 0 Å². The van der Waals surface area contributed by atoms with Gasteiger partial charge in [0.15, 0.2) is 0 Å². The fourth-order valence-electron chi connectivity index (χ4n) is 25.2. The van der Waals surface area contributed by atoms with Gasteiger partial charge in [-0.25, -0.2) is 0 Å². The zero-order chi connectivity index (χ0) is 106. The molecule has 0 unspecified atom stereocenters. The van der Waals surface area contributed by atoms with Crippen LogP contribution in [0.2, 0.25) is 0 Å². The van der Waals surface area contributed by atoms with Crippen molar-refractivity contribution >= 4 is 45.5 Å². The van der Waals surface area contributed by atoms with E-state index in [4.69, 9.17) is 0 Å². The van der Waals surface area contributed by atoms with Crippen LogP contribution in [0.4, 0.5) is 45.5 Å². The van der Waals surface area contributed by atoms with Gasteiger partial charge in [0, 0.05) is 89.3 Å². The largest absolute Gasteiger partial charge is 0.336 e. The molecule has 0 aromatic heterocycles. The van der Waals surface area contributed by atoms with Gasteiger partial charge in [-0.05, 0) is 386 Å². The molecule has 16 aromatic rings. The maximum Gasteiger partial charge on any atom is 0.0457 e. The Labute approximate surface area is 890 Å². The van der Waals surface area contributed by atoms with Crippen molar-refractivity contribution in [3.8, 4) is 89.0 Å². The molecule has 0 N–H and O–H groups in total. The second kappa shape index (κ2) is 40.3. The highest BCUT2D eigenvalue weighted by Gasteiger charge is 2.45. The quantitative estimate of drug-likeness (QED) is 0.0901. The number of nitrogens with zero attached hydrogens (tertiary/aromatic N) is 4. The molecule has 0 bridgehead atoms. The third-order valence-electron chi connectivity index (χ3n) is 33.2. The molecule has 5 aliphatic rings. The van der Waals surface area contributed by atoms with Crippen LogP contribution >= 0.6 is 0 Å². The van der Waals surface area contributed by atoms with E-state index in [9.17, 15) is 0 Å². The Hall–Kier alpha value is -13.3. The highest BCUT2D eigenvalue weighted by molar-refractivity contribution is 5.93. The number of fused-ring (bicyclic) bond motifs is 12. The monoisotopic (exact) mass is 1950 g/mol. The van der Waals surface area contributed by atoms with E-state index >= 15 is 0 Å². The first kappa shape index (κ1) is 105. The molecule has 0 spiro atoms. The number of hydrogen-bond acceptors (Lipinski definition) is 4. The standard InChI is InChI=1S/C39H45N.C37H43N.C35H39N.C33H35N/c1-37(2,3)40(30-17-13-16-29(24-30)27-14-9-8-10-15-27)36-26-33-31-18-11-12-19-34(31)39(6,7)35(33)25-32(36)28-20-22-38(4,5)23-21-28;1-24(2)28-20-19-27(26-15-11-10-12-16-26)21-34(28)38(36(5,6)7)35-23-31-29-17-13-14-18-32(29)37(8,9)33(31)22-30(35)25(3)4;1-8-24-19-20-27(26-15-11-10-12-16-26)22-32(24)36(34(3,4)5)33-23-29-28-17-13-14-18-30(28)35(6,7)31(29)21-25(33)9-2;1-22-17-18-25(24-13-9-8-10-14-24)20-30(22)34(32(3,4)5)31-21-27-26-15-11-12-16-28(26)33(6,7)29(27)19-23(31)2/h8-19,24-26,28H,20-23H2,1-7H3;10-25H,1-9H3;10-23H,8-9H2,1-7H3;8-21H,1-7H3. The Morgan fingerprint density at radius 1 is 0.243 bits per heavy atom. The van der Waals surface area contributed by atoms with E-state index < -0.39 is 0 Å². The van der Waals surface area contributed by atoms with E-state index in [1.54, 1.807) is 0 Å². The summed E-state index contributed by atoms with van der Waals surface area (Å²) in [5, 5.41) is 0. The van der Waals surface area contributed by atoms with E-state index in [-0.39, 0.29) is 43.8 Å². The van der Waals surface area contributed by atoms with Crippen LogP contribution in [-0.4, -0.2) is 22.2 Å². The fourth-order valence-corrected chi connectivity index (χ4v) is 25.2. The zero-order valence-electron chi connectivity index (χ0n) is 94.7. The molecule has 1 saturated carbocycles. The summed E-state index contributed by atoms with van der Waals surface area (Å²) in [6.07, 6.45) is 7.09. The van der Waals surface area contributed by atoms with Crippen LogP contribution in [-0.2, 0) is 34.5 Å². The van der Waals surface area contributed by atoms with E-state index in [2.05, 4.69) is 573 Å².